The lowest BCUT2D eigenvalue weighted by Crippen LogP contribution is -2.31. The van der Waals surface area contributed by atoms with Crippen LogP contribution in [-0.4, -0.2) is 41.3 Å². The zero-order valence-electron chi connectivity index (χ0n) is 11.4. The lowest BCUT2D eigenvalue weighted by atomic mass is 10.2. The third kappa shape index (κ3) is 5.87. The van der Waals surface area contributed by atoms with Crippen LogP contribution in [0.4, 0.5) is 0 Å². The Hall–Kier alpha value is -1.83. The first kappa shape index (κ1) is 16.2. The van der Waals surface area contributed by atoms with Gasteiger partial charge in [-0.05, 0) is 6.42 Å². The van der Waals surface area contributed by atoms with E-state index in [4.69, 9.17) is 0 Å². The van der Waals surface area contributed by atoms with Gasteiger partial charge in [0.2, 0.25) is 5.91 Å². The molecule has 1 amide bonds. The fourth-order valence-electron chi connectivity index (χ4n) is 1.36. The molecule has 0 saturated heterocycles. The van der Waals surface area contributed by atoms with Crippen LogP contribution in [0.5, 0.6) is 0 Å². The van der Waals surface area contributed by atoms with Gasteiger partial charge in [-0.15, -0.1) is 0 Å². The minimum atomic E-state index is -0.514. The number of ether oxygens (including phenoxy) is 1. The average molecular weight is 299 g/mol. The first-order valence-electron chi connectivity index (χ1n) is 6.11. The van der Waals surface area contributed by atoms with Gasteiger partial charge in [-0.1, -0.05) is 25.1 Å². The summed E-state index contributed by atoms with van der Waals surface area (Å²) in [5, 5.41) is 2.80. The van der Waals surface area contributed by atoms with Gasteiger partial charge in [0.15, 0.2) is 5.16 Å². The van der Waals surface area contributed by atoms with Crippen LogP contribution in [-0.2, 0) is 20.7 Å². The number of carbonyl (C=O) groups is 2. The number of nitrogens with zero attached hydrogens (tertiary/aromatic N) is 1. The van der Waals surface area contributed by atoms with Crippen LogP contribution in [0.15, 0.2) is 16.0 Å². The molecule has 2 N–H and O–H groups in total. The Morgan fingerprint density at radius 1 is 1.50 bits per heavy atom. The van der Waals surface area contributed by atoms with Crippen molar-refractivity contribution in [2.45, 2.75) is 24.9 Å². The fourth-order valence-corrected chi connectivity index (χ4v) is 2.09. The predicted molar refractivity (Wildman–Crippen MR) is 74.6 cm³/mol. The summed E-state index contributed by atoms with van der Waals surface area (Å²) >= 11 is 1.11. The van der Waals surface area contributed by atoms with Gasteiger partial charge in [-0.2, -0.15) is 0 Å². The number of aromatic nitrogens is 2. The van der Waals surface area contributed by atoms with E-state index < -0.39 is 5.97 Å². The van der Waals surface area contributed by atoms with E-state index in [9.17, 15) is 14.4 Å². The van der Waals surface area contributed by atoms with E-state index in [1.807, 2.05) is 6.92 Å². The monoisotopic (exact) mass is 299 g/mol. The zero-order valence-corrected chi connectivity index (χ0v) is 12.2. The van der Waals surface area contributed by atoms with Gasteiger partial charge < -0.3 is 15.0 Å². The van der Waals surface area contributed by atoms with Crippen molar-refractivity contribution < 1.29 is 14.3 Å². The van der Waals surface area contributed by atoms with Crippen LogP contribution in [0.3, 0.4) is 0 Å². The van der Waals surface area contributed by atoms with E-state index in [0.29, 0.717) is 17.3 Å². The van der Waals surface area contributed by atoms with Gasteiger partial charge in [0.05, 0.1) is 12.9 Å². The van der Waals surface area contributed by atoms with Crippen LogP contribution in [0.25, 0.3) is 0 Å². The van der Waals surface area contributed by atoms with Crippen LogP contribution in [0, 0.1) is 0 Å². The molecule has 0 aliphatic carbocycles. The molecule has 1 heterocycles. The molecule has 1 aromatic rings. The molecule has 0 bridgehead atoms. The number of amides is 1. The summed E-state index contributed by atoms with van der Waals surface area (Å²) in [7, 11) is 1.25. The van der Waals surface area contributed by atoms with Crippen LogP contribution >= 0.6 is 11.8 Å². The number of esters is 1. The van der Waals surface area contributed by atoms with Crippen molar-refractivity contribution in [1.29, 1.82) is 0 Å². The molecule has 0 saturated carbocycles. The molecule has 8 heteroatoms. The maximum atomic E-state index is 11.5. The Bertz CT molecular complexity index is 530. The van der Waals surface area contributed by atoms with E-state index in [1.165, 1.54) is 13.2 Å². The summed E-state index contributed by atoms with van der Waals surface area (Å²) in [6.07, 6.45) is 1.60. The second-order valence-electron chi connectivity index (χ2n) is 3.93. The Kier molecular flexibility index (Phi) is 6.78. The highest BCUT2D eigenvalue weighted by Gasteiger charge is 2.08. The van der Waals surface area contributed by atoms with Gasteiger partial charge in [0, 0.05) is 11.8 Å². The van der Waals surface area contributed by atoms with Gasteiger partial charge in [-0.3, -0.25) is 14.4 Å². The first-order chi connectivity index (χ1) is 9.55. The highest BCUT2D eigenvalue weighted by atomic mass is 32.2. The molecular formula is C12H17N3O4S. The van der Waals surface area contributed by atoms with Gasteiger partial charge in [-0.25, -0.2) is 4.98 Å². The van der Waals surface area contributed by atoms with Crippen LogP contribution in [0.1, 0.15) is 19.0 Å². The standard InChI is InChI=1S/C12H17N3O4S/c1-3-4-8-5-9(16)15-12(14-8)20-7-10(17)13-6-11(18)19-2/h5H,3-4,6-7H2,1-2H3,(H,13,17)(H,14,15,16). The number of rotatable bonds is 7. The molecule has 0 atom stereocenters. The Labute approximate surface area is 120 Å². The smallest absolute Gasteiger partial charge is 0.325 e. The minimum absolute atomic E-state index is 0.0650. The number of H-pyrrole nitrogens is 1. The van der Waals surface area contributed by atoms with E-state index >= 15 is 0 Å². The molecular weight excluding hydrogens is 282 g/mol. The van der Waals surface area contributed by atoms with Crippen molar-refractivity contribution in [1.82, 2.24) is 15.3 Å². The predicted octanol–water partition coefficient (Wildman–Crippen LogP) is 0.104. The van der Waals surface area contributed by atoms with Gasteiger partial charge in [0.25, 0.3) is 5.56 Å². The zero-order chi connectivity index (χ0) is 15.0. The number of carbonyl (C=O) groups excluding carboxylic acids is 2. The number of methoxy groups -OCH3 is 1. The maximum absolute atomic E-state index is 11.5. The average Bonchev–Trinajstić information content (AvgIpc) is 2.42. The molecule has 0 aromatic carbocycles. The van der Waals surface area contributed by atoms with E-state index in [-0.39, 0.29) is 23.8 Å². The van der Waals surface area contributed by atoms with Crippen molar-refractivity contribution in [3.8, 4) is 0 Å². The molecule has 1 aromatic heterocycles. The summed E-state index contributed by atoms with van der Waals surface area (Å²) in [4.78, 5) is 40.5. The highest BCUT2D eigenvalue weighted by Crippen LogP contribution is 2.11. The normalized spacial score (nSPS) is 10.1. The minimum Gasteiger partial charge on any atom is -0.468 e. The number of thioether (sulfide) groups is 1. The summed E-state index contributed by atoms with van der Waals surface area (Å²) in [6.45, 7) is 1.83. The number of hydrogen-bond donors (Lipinski definition) is 2. The Balaban J connectivity index is 2.50. The second-order valence-corrected chi connectivity index (χ2v) is 4.90. The van der Waals surface area contributed by atoms with Gasteiger partial charge >= 0.3 is 5.97 Å². The third-order valence-corrected chi connectivity index (χ3v) is 3.15. The highest BCUT2D eigenvalue weighted by molar-refractivity contribution is 7.99. The molecule has 1 rings (SSSR count). The summed E-state index contributed by atoms with van der Waals surface area (Å²) in [5.41, 5.74) is 0.467. The molecule has 0 spiro atoms. The molecule has 0 radical (unpaired) electrons. The molecule has 7 nitrogen and oxygen atoms in total. The molecule has 0 unspecified atom stereocenters. The fraction of sp³-hybridized carbons (Fsp3) is 0.500. The number of aromatic amines is 1. The summed E-state index contributed by atoms with van der Waals surface area (Å²) in [5.74, 6) is -0.779. The Morgan fingerprint density at radius 3 is 2.90 bits per heavy atom. The van der Waals surface area contributed by atoms with Crippen molar-refractivity contribution in [3.05, 3.63) is 22.1 Å². The first-order valence-corrected chi connectivity index (χ1v) is 7.10. The van der Waals surface area contributed by atoms with Crippen molar-refractivity contribution in [2.75, 3.05) is 19.4 Å². The number of hydrogen-bond acceptors (Lipinski definition) is 6. The van der Waals surface area contributed by atoms with E-state index in [1.54, 1.807) is 0 Å². The largest absolute Gasteiger partial charge is 0.468 e. The molecule has 20 heavy (non-hydrogen) atoms. The lowest BCUT2D eigenvalue weighted by Gasteiger charge is -2.04. The SMILES string of the molecule is CCCc1cc(=O)[nH]c(SCC(=O)NCC(=O)OC)n1. The maximum Gasteiger partial charge on any atom is 0.325 e. The third-order valence-electron chi connectivity index (χ3n) is 2.28. The molecule has 0 fully saturated rings. The van der Waals surface area contributed by atoms with E-state index in [2.05, 4.69) is 20.0 Å². The van der Waals surface area contributed by atoms with Crippen molar-refractivity contribution in [3.63, 3.8) is 0 Å². The number of aryl methyl sites for hydroxylation is 1. The lowest BCUT2D eigenvalue weighted by molar-refractivity contribution is -0.140. The van der Waals surface area contributed by atoms with Crippen LogP contribution in [0.2, 0.25) is 0 Å². The second kappa shape index (κ2) is 8.36. The van der Waals surface area contributed by atoms with Gasteiger partial charge in [0.1, 0.15) is 6.54 Å². The summed E-state index contributed by atoms with van der Waals surface area (Å²) in [6, 6.07) is 1.45. The molecule has 110 valence electrons. The topological polar surface area (TPSA) is 101 Å². The quantitative estimate of drug-likeness (QED) is 0.421. The van der Waals surface area contributed by atoms with Crippen molar-refractivity contribution >= 4 is 23.6 Å². The Morgan fingerprint density at radius 2 is 2.25 bits per heavy atom. The summed E-state index contributed by atoms with van der Waals surface area (Å²) < 4.78 is 4.40. The number of nitrogens with one attached hydrogen (secondary N) is 2. The van der Waals surface area contributed by atoms with Crippen molar-refractivity contribution in [2.24, 2.45) is 0 Å². The van der Waals surface area contributed by atoms with Crippen LogP contribution < -0.4 is 10.9 Å². The molecule has 0 aliphatic rings. The molecule has 0 aliphatic heterocycles. The van der Waals surface area contributed by atoms with E-state index in [0.717, 1.165) is 18.2 Å².